The minimum absolute atomic E-state index is 0.106. The van der Waals surface area contributed by atoms with Crippen LogP contribution >= 0.6 is 0 Å². The molecule has 0 radical (unpaired) electrons. The van der Waals surface area contributed by atoms with Crippen LogP contribution in [0, 0.1) is 0 Å². The predicted octanol–water partition coefficient (Wildman–Crippen LogP) is 1.39. The molecule has 0 saturated heterocycles. The molecule has 0 aliphatic heterocycles. The number of aliphatic hydroxyl groups is 1. The van der Waals surface area contributed by atoms with Crippen molar-refractivity contribution in [1.82, 2.24) is 0 Å². The van der Waals surface area contributed by atoms with Crippen LogP contribution in [-0.4, -0.2) is 24.3 Å². The lowest BCUT2D eigenvalue weighted by Gasteiger charge is -2.09. The van der Waals surface area contributed by atoms with Crippen LogP contribution in [0.1, 0.15) is 51.4 Å². The van der Waals surface area contributed by atoms with Gasteiger partial charge in [0.15, 0.2) is 0 Å². The summed E-state index contributed by atoms with van der Waals surface area (Å²) in [6, 6.07) is 0. The average molecular weight is 202 g/mol. The van der Waals surface area contributed by atoms with Crippen molar-refractivity contribution in [3.05, 3.63) is 0 Å². The number of rotatable bonds is 10. The second kappa shape index (κ2) is 11.0. The molecule has 0 amide bonds. The van der Waals surface area contributed by atoms with Gasteiger partial charge >= 0.3 is 0 Å². The highest BCUT2D eigenvalue weighted by Gasteiger charge is 2.02. The Kier molecular flexibility index (Phi) is 10.9. The molecule has 0 fully saturated rings. The molecular formula is C11H26N2O. The summed E-state index contributed by atoms with van der Waals surface area (Å²) in [4.78, 5) is 0. The Labute approximate surface area is 87.9 Å². The summed E-state index contributed by atoms with van der Waals surface area (Å²) >= 11 is 0. The van der Waals surface area contributed by atoms with Crippen LogP contribution < -0.4 is 11.5 Å². The molecule has 0 atom stereocenters. The molecule has 0 heterocycles. The van der Waals surface area contributed by atoms with Crippen molar-refractivity contribution in [1.29, 1.82) is 0 Å². The highest BCUT2D eigenvalue weighted by Crippen LogP contribution is 2.10. The number of hydrogen-bond acceptors (Lipinski definition) is 3. The van der Waals surface area contributed by atoms with Crippen molar-refractivity contribution in [2.75, 3.05) is 13.1 Å². The molecule has 0 aromatic carbocycles. The lowest BCUT2D eigenvalue weighted by molar-refractivity contribution is 0.147. The molecule has 0 unspecified atom stereocenters. The first-order valence-corrected chi connectivity index (χ1v) is 5.89. The molecule has 3 nitrogen and oxygen atoms in total. The molecule has 0 saturated carbocycles. The third-order valence-corrected chi connectivity index (χ3v) is 2.48. The minimum Gasteiger partial charge on any atom is -0.393 e. The Bertz CT molecular complexity index is 97.5. The lowest BCUT2D eigenvalue weighted by atomic mass is 10.0. The smallest absolute Gasteiger partial charge is 0.0540 e. The molecule has 3 heteroatoms. The fraction of sp³-hybridized carbons (Fsp3) is 1.00. The van der Waals surface area contributed by atoms with Gasteiger partial charge in [0.2, 0.25) is 0 Å². The topological polar surface area (TPSA) is 72.3 Å². The molecule has 0 rings (SSSR count). The summed E-state index contributed by atoms with van der Waals surface area (Å²) < 4.78 is 0. The lowest BCUT2D eigenvalue weighted by Crippen LogP contribution is -2.07. The summed E-state index contributed by atoms with van der Waals surface area (Å²) in [6.07, 6.45) is 8.44. The molecule has 0 spiro atoms. The predicted molar refractivity (Wildman–Crippen MR) is 61.1 cm³/mol. The van der Waals surface area contributed by atoms with Gasteiger partial charge in [0, 0.05) is 0 Å². The van der Waals surface area contributed by atoms with E-state index in [4.69, 9.17) is 11.5 Å². The first-order chi connectivity index (χ1) is 6.81. The molecule has 0 bridgehead atoms. The largest absolute Gasteiger partial charge is 0.393 e. The third kappa shape index (κ3) is 9.96. The fourth-order valence-corrected chi connectivity index (χ4v) is 1.55. The van der Waals surface area contributed by atoms with E-state index in [1.54, 1.807) is 0 Å². The summed E-state index contributed by atoms with van der Waals surface area (Å²) in [7, 11) is 0. The number of aliphatic hydroxyl groups excluding tert-OH is 1. The van der Waals surface area contributed by atoms with Crippen molar-refractivity contribution in [3.8, 4) is 0 Å². The van der Waals surface area contributed by atoms with Crippen LogP contribution in [0.5, 0.6) is 0 Å². The van der Waals surface area contributed by atoms with E-state index >= 15 is 0 Å². The second-order valence-corrected chi connectivity index (χ2v) is 3.93. The Morgan fingerprint density at radius 3 is 1.50 bits per heavy atom. The summed E-state index contributed by atoms with van der Waals surface area (Å²) in [5.41, 5.74) is 10.8. The van der Waals surface area contributed by atoms with Gasteiger partial charge < -0.3 is 16.6 Å². The van der Waals surface area contributed by atoms with Crippen LogP contribution in [0.25, 0.3) is 0 Å². The SMILES string of the molecule is NCCCCCC(O)CCCCCN. The molecule has 5 N–H and O–H groups in total. The van der Waals surface area contributed by atoms with Gasteiger partial charge in [-0.1, -0.05) is 25.7 Å². The molecule has 0 aromatic heterocycles. The first-order valence-electron chi connectivity index (χ1n) is 5.89. The molecule has 14 heavy (non-hydrogen) atoms. The second-order valence-electron chi connectivity index (χ2n) is 3.93. The van der Waals surface area contributed by atoms with Gasteiger partial charge in [-0.15, -0.1) is 0 Å². The van der Waals surface area contributed by atoms with E-state index in [1.165, 1.54) is 0 Å². The van der Waals surface area contributed by atoms with E-state index in [9.17, 15) is 5.11 Å². The van der Waals surface area contributed by atoms with Gasteiger partial charge in [0.1, 0.15) is 0 Å². The molecule has 0 aliphatic rings. The average Bonchev–Trinajstić information content (AvgIpc) is 2.19. The van der Waals surface area contributed by atoms with E-state index in [0.29, 0.717) is 0 Å². The van der Waals surface area contributed by atoms with Crippen molar-refractivity contribution in [2.24, 2.45) is 11.5 Å². The molecule has 86 valence electrons. The molecule has 0 aliphatic carbocycles. The van der Waals surface area contributed by atoms with Crippen molar-refractivity contribution >= 4 is 0 Å². The maximum absolute atomic E-state index is 9.59. The monoisotopic (exact) mass is 202 g/mol. The Balaban J connectivity index is 3.07. The Morgan fingerprint density at radius 1 is 0.714 bits per heavy atom. The van der Waals surface area contributed by atoms with Gasteiger partial charge in [-0.25, -0.2) is 0 Å². The van der Waals surface area contributed by atoms with Gasteiger partial charge in [-0.3, -0.25) is 0 Å². The Morgan fingerprint density at radius 2 is 1.14 bits per heavy atom. The summed E-state index contributed by atoms with van der Waals surface area (Å²) in [5.74, 6) is 0. The van der Waals surface area contributed by atoms with E-state index in [2.05, 4.69) is 0 Å². The quantitative estimate of drug-likeness (QED) is 0.469. The zero-order chi connectivity index (χ0) is 10.6. The van der Waals surface area contributed by atoms with Crippen LogP contribution in [0.3, 0.4) is 0 Å². The standard InChI is InChI=1S/C11H26N2O/c12-9-5-1-3-7-11(14)8-4-2-6-10-13/h11,14H,1-10,12-13H2. The van der Waals surface area contributed by atoms with Crippen molar-refractivity contribution < 1.29 is 5.11 Å². The van der Waals surface area contributed by atoms with Crippen LogP contribution in [0.15, 0.2) is 0 Å². The van der Waals surface area contributed by atoms with Crippen LogP contribution in [0.4, 0.5) is 0 Å². The van der Waals surface area contributed by atoms with E-state index in [0.717, 1.165) is 64.5 Å². The first kappa shape index (κ1) is 13.9. The van der Waals surface area contributed by atoms with Crippen molar-refractivity contribution in [2.45, 2.75) is 57.5 Å². The van der Waals surface area contributed by atoms with Crippen molar-refractivity contribution in [3.63, 3.8) is 0 Å². The Hall–Kier alpha value is -0.120. The zero-order valence-electron chi connectivity index (χ0n) is 9.25. The number of unbranched alkanes of at least 4 members (excludes halogenated alkanes) is 4. The van der Waals surface area contributed by atoms with E-state index in [1.807, 2.05) is 0 Å². The van der Waals surface area contributed by atoms with E-state index < -0.39 is 0 Å². The summed E-state index contributed by atoms with van der Waals surface area (Å²) in [5, 5.41) is 9.59. The molecule has 0 aromatic rings. The summed E-state index contributed by atoms with van der Waals surface area (Å²) in [6.45, 7) is 1.54. The number of nitrogens with two attached hydrogens (primary N) is 2. The van der Waals surface area contributed by atoms with Crippen LogP contribution in [0.2, 0.25) is 0 Å². The highest BCUT2D eigenvalue weighted by molar-refractivity contribution is 4.57. The minimum atomic E-state index is -0.106. The number of hydrogen-bond donors (Lipinski definition) is 3. The fourth-order valence-electron chi connectivity index (χ4n) is 1.55. The van der Waals surface area contributed by atoms with Gasteiger partial charge in [-0.2, -0.15) is 0 Å². The maximum atomic E-state index is 9.59. The maximum Gasteiger partial charge on any atom is 0.0540 e. The zero-order valence-corrected chi connectivity index (χ0v) is 9.25. The third-order valence-electron chi connectivity index (χ3n) is 2.48. The highest BCUT2D eigenvalue weighted by atomic mass is 16.3. The van der Waals surface area contributed by atoms with Gasteiger partial charge in [0.25, 0.3) is 0 Å². The van der Waals surface area contributed by atoms with E-state index in [-0.39, 0.29) is 6.10 Å². The normalized spacial score (nSPS) is 11.1. The molecular weight excluding hydrogens is 176 g/mol. The van der Waals surface area contributed by atoms with Gasteiger partial charge in [0.05, 0.1) is 6.10 Å². The van der Waals surface area contributed by atoms with Crippen LogP contribution in [-0.2, 0) is 0 Å². The van der Waals surface area contributed by atoms with Gasteiger partial charge in [-0.05, 0) is 38.8 Å².